The molecule has 262 valence electrons. The molecule has 0 bridgehead atoms. The van der Waals surface area contributed by atoms with E-state index in [1.54, 1.807) is 0 Å². The van der Waals surface area contributed by atoms with Crippen LogP contribution >= 0.6 is 0 Å². The van der Waals surface area contributed by atoms with E-state index < -0.39 is 0 Å². The Hall–Kier alpha value is -7.63. The maximum Gasteiger partial charge on any atom is 0.160 e. The Morgan fingerprint density at radius 2 is 0.893 bits per heavy atom. The summed E-state index contributed by atoms with van der Waals surface area (Å²) in [4.78, 5) is 25.0. The summed E-state index contributed by atoms with van der Waals surface area (Å²) in [6.07, 6.45) is 3.78. The number of benzene rings is 6. The van der Waals surface area contributed by atoms with Crippen molar-refractivity contribution in [3.8, 4) is 78.9 Å². The van der Waals surface area contributed by atoms with Crippen LogP contribution in [0.15, 0.2) is 200 Å². The number of pyridine rings is 3. The van der Waals surface area contributed by atoms with Crippen molar-refractivity contribution in [2.45, 2.75) is 0 Å². The van der Waals surface area contributed by atoms with Gasteiger partial charge < -0.3 is 0 Å². The van der Waals surface area contributed by atoms with E-state index in [1.807, 2.05) is 60.9 Å². The second-order valence-electron chi connectivity index (χ2n) is 13.7. The molecule has 5 nitrogen and oxygen atoms in total. The van der Waals surface area contributed by atoms with Crippen molar-refractivity contribution in [2.75, 3.05) is 0 Å². The quantitative estimate of drug-likeness (QED) is 0.164. The van der Waals surface area contributed by atoms with Crippen LogP contribution in [0.5, 0.6) is 0 Å². The fourth-order valence-electron chi connectivity index (χ4n) is 7.36. The SMILES string of the molecule is c1ccc(-c2cc(-c3ccccc3)nc(-c3ccc(-c4ccc(-c5cc(-c6cccc7ccccc67)cc(-c6nccc7ccccc67)n5)nc4)cc3)n2)cc1. The second kappa shape index (κ2) is 14.3. The van der Waals surface area contributed by atoms with E-state index in [4.69, 9.17) is 24.9 Å². The average molecular weight is 716 g/mol. The summed E-state index contributed by atoms with van der Waals surface area (Å²) >= 11 is 0. The van der Waals surface area contributed by atoms with Gasteiger partial charge in [-0.2, -0.15) is 0 Å². The lowest BCUT2D eigenvalue weighted by Gasteiger charge is -2.13. The highest BCUT2D eigenvalue weighted by Crippen LogP contribution is 2.36. The molecule has 6 aromatic carbocycles. The van der Waals surface area contributed by atoms with Crippen LogP contribution in [0.2, 0.25) is 0 Å². The van der Waals surface area contributed by atoms with Crippen LogP contribution in [0, 0.1) is 0 Å². The summed E-state index contributed by atoms with van der Waals surface area (Å²) in [5.74, 6) is 0.680. The van der Waals surface area contributed by atoms with E-state index >= 15 is 0 Å². The van der Waals surface area contributed by atoms with Crippen LogP contribution in [0.1, 0.15) is 0 Å². The Balaban J connectivity index is 1.02. The summed E-state index contributed by atoms with van der Waals surface area (Å²) < 4.78 is 0. The van der Waals surface area contributed by atoms with Crippen molar-refractivity contribution in [1.82, 2.24) is 24.9 Å². The smallest absolute Gasteiger partial charge is 0.160 e. The van der Waals surface area contributed by atoms with Gasteiger partial charge in [0.15, 0.2) is 5.82 Å². The predicted octanol–water partition coefficient (Wildman–Crippen LogP) is 12.6. The molecule has 4 heterocycles. The summed E-state index contributed by atoms with van der Waals surface area (Å²) in [5.41, 5.74) is 12.3. The standard InChI is InChI=1S/C51H33N5/c1-3-14-37(15-4-1)46-32-47(38-16-5-2-6-17-38)56-51(55-46)39-24-22-34(23-25-39)40-26-27-45(53-33-40)48-30-41(43-21-11-18-35-12-7-9-19-42(35)43)31-49(54-48)50-44-20-10-8-13-36(44)28-29-52-50/h1-33H. The summed E-state index contributed by atoms with van der Waals surface area (Å²) in [6.45, 7) is 0. The highest BCUT2D eigenvalue weighted by molar-refractivity contribution is 5.99. The van der Waals surface area contributed by atoms with Gasteiger partial charge in [-0.25, -0.2) is 15.0 Å². The van der Waals surface area contributed by atoms with Crippen LogP contribution in [-0.4, -0.2) is 24.9 Å². The van der Waals surface area contributed by atoms with Gasteiger partial charge in [0.1, 0.15) is 0 Å². The monoisotopic (exact) mass is 715 g/mol. The van der Waals surface area contributed by atoms with Crippen molar-refractivity contribution in [1.29, 1.82) is 0 Å². The number of aromatic nitrogens is 5. The Bertz CT molecular complexity index is 2830. The van der Waals surface area contributed by atoms with Crippen molar-refractivity contribution in [3.05, 3.63) is 200 Å². The summed E-state index contributed by atoms with van der Waals surface area (Å²) in [7, 11) is 0. The van der Waals surface area contributed by atoms with Gasteiger partial charge in [-0.1, -0.05) is 158 Å². The van der Waals surface area contributed by atoms with Crippen molar-refractivity contribution in [2.24, 2.45) is 0 Å². The summed E-state index contributed by atoms with van der Waals surface area (Å²) in [6, 6.07) is 64.7. The lowest BCUT2D eigenvalue weighted by Crippen LogP contribution is -1.96. The Kier molecular flexibility index (Phi) is 8.43. The van der Waals surface area contributed by atoms with E-state index in [-0.39, 0.29) is 0 Å². The Labute approximate surface area is 324 Å². The first-order valence-corrected chi connectivity index (χ1v) is 18.7. The van der Waals surface area contributed by atoms with Gasteiger partial charge in [0, 0.05) is 40.0 Å². The maximum atomic E-state index is 5.20. The molecule has 4 aromatic heterocycles. The van der Waals surface area contributed by atoms with Crippen LogP contribution < -0.4 is 0 Å². The minimum Gasteiger partial charge on any atom is -0.254 e. The normalized spacial score (nSPS) is 11.2. The third kappa shape index (κ3) is 6.37. The van der Waals surface area contributed by atoms with E-state index in [9.17, 15) is 0 Å². The number of hydrogen-bond acceptors (Lipinski definition) is 5. The first-order chi connectivity index (χ1) is 27.7. The first kappa shape index (κ1) is 33.0. The number of hydrogen-bond donors (Lipinski definition) is 0. The third-order valence-electron chi connectivity index (χ3n) is 10.2. The zero-order chi connectivity index (χ0) is 37.3. The zero-order valence-electron chi connectivity index (χ0n) is 30.3. The Morgan fingerprint density at radius 3 is 1.59 bits per heavy atom. The molecule has 0 aliphatic heterocycles. The number of rotatable bonds is 7. The molecule has 0 amide bonds. The Morgan fingerprint density at radius 1 is 0.304 bits per heavy atom. The van der Waals surface area contributed by atoms with E-state index in [0.29, 0.717) is 5.82 Å². The van der Waals surface area contributed by atoms with Gasteiger partial charge in [0.05, 0.1) is 34.2 Å². The predicted molar refractivity (Wildman–Crippen MR) is 228 cm³/mol. The first-order valence-electron chi connectivity index (χ1n) is 18.7. The molecule has 0 saturated carbocycles. The van der Waals surface area contributed by atoms with Crippen LogP contribution in [-0.2, 0) is 0 Å². The molecule has 56 heavy (non-hydrogen) atoms. The van der Waals surface area contributed by atoms with E-state index in [2.05, 4.69) is 140 Å². The molecule has 10 aromatic rings. The molecule has 0 spiro atoms. The van der Waals surface area contributed by atoms with Gasteiger partial charge in [-0.05, 0) is 63.2 Å². The van der Waals surface area contributed by atoms with Crippen molar-refractivity contribution in [3.63, 3.8) is 0 Å². The van der Waals surface area contributed by atoms with Crippen LogP contribution in [0.25, 0.3) is 100 Å². The molecule has 0 aliphatic rings. The lowest BCUT2D eigenvalue weighted by molar-refractivity contribution is 1.18. The molecule has 0 aliphatic carbocycles. The largest absolute Gasteiger partial charge is 0.254 e. The van der Waals surface area contributed by atoms with E-state index in [0.717, 1.165) is 83.9 Å². The number of fused-ring (bicyclic) bond motifs is 2. The molecule has 5 heteroatoms. The third-order valence-corrected chi connectivity index (χ3v) is 10.2. The molecule has 0 radical (unpaired) electrons. The highest BCUT2D eigenvalue weighted by Gasteiger charge is 2.15. The van der Waals surface area contributed by atoms with Crippen LogP contribution in [0.3, 0.4) is 0 Å². The molecule has 0 saturated heterocycles. The molecule has 0 atom stereocenters. The van der Waals surface area contributed by atoms with Gasteiger partial charge >= 0.3 is 0 Å². The van der Waals surface area contributed by atoms with Crippen molar-refractivity contribution >= 4 is 21.5 Å². The molecule has 0 N–H and O–H groups in total. The molecular weight excluding hydrogens is 683 g/mol. The average Bonchev–Trinajstić information content (AvgIpc) is 3.29. The number of nitrogens with zero attached hydrogens (tertiary/aromatic N) is 5. The van der Waals surface area contributed by atoms with Gasteiger partial charge in [-0.3, -0.25) is 9.97 Å². The molecule has 0 unspecified atom stereocenters. The molecular formula is C51H33N5. The second-order valence-corrected chi connectivity index (χ2v) is 13.7. The summed E-state index contributed by atoms with van der Waals surface area (Å²) in [5, 5.41) is 4.55. The minimum atomic E-state index is 0.680. The fourth-order valence-corrected chi connectivity index (χ4v) is 7.36. The van der Waals surface area contributed by atoms with Gasteiger partial charge in [0.2, 0.25) is 0 Å². The highest BCUT2D eigenvalue weighted by atomic mass is 14.9. The van der Waals surface area contributed by atoms with Gasteiger partial charge in [0.25, 0.3) is 0 Å². The zero-order valence-corrected chi connectivity index (χ0v) is 30.3. The van der Waals surface area contributed by atoms with E-state index in [1.165, 1.54) is 10.8 Å². The van der Waals surface area contributed by atoms with Crippen LogP contribution in [0.4, 0.5) is 0 Å². The lowest BCUT2D eigenvalue weighted by atomic mass is 9.96. The topological polar surface area (TPSA) is 64.5 Å². The fraction of sp³-hybridized carbons (Fsp3) is 0. The van der Waals surface area contributed by atoms with Crippen molar-refractivity contribution < 1.29 is 0 Å². The molecule has 10 rings (SSSR count). The molecule has 0 fully saturated rings. The minimum absolute atomic E-state index is 0.680. The van der Waals surface area contributed by atoms with Gasteiger partial charge in [-0.15, -0.1) is 0 Å². The maximum absolute atomic E-state index is 5.20.